The lowest BCUT2D eigenvalue weighted by atomic mass is 10.1. The Kier molecular flexibility index (Phi) is 7.35. The van der Waals surface area contributed by atoms with Crippen molar-refractivity contribution in [2.24, 2.45) is 4.99 Å². The Morgan fingerprint density at radius 1 is 1.33 bits per heavy atom. The van der Waals surface area contributed by atoms with Gasteiger partial charge in [0, 0.05) is 47.8 Å². The number of rotatable bonds is 6. The molecule has 106 valence electrons. The number of guanidine groups is 1. The first-order valence-electron chi connectivity index (χ1n) is 6.02. The van der Waals surface area contributed by atoms with Crippen LogP contribution in [0.15, 0.2) is 4.99 Å². The van der Waals surface area contributed by atoms with Gasteiger partial charge in [0.05, 0.1) is 5.60 Å². The van der Waals surface area contributed by atoms with Crippen molar-refractivity contribution in [1.82, 2.24) is 15.5 Å². The Morgan fingerprint density at radius 2 is 1.94 bits per heavy atom. The number of hydrogen-bond acceptors (Lipinski definition) is 3. The van der Waals surface area contributed by atoms with Crippen LogP contribution in [0.5, 0.6) is 0 Å². The summed E-state index contributed by atoms with van der Waals surface area (Å²) in [5.41, 5.74) is -0.253. The van der Waals surface area contributed by atoms with E-state index in [4.69, 9.17) is 4.74 Å². The van der Waals surface area contributed by atoms with Crippen molar-refractivity contribution in [2.45, 2.75) is 25.9 Å². The van der Waals surface area contributed by atoms with Gasteiger partial charge < -0.3 is 20.3 Å². The van der Waals surface area contributed by atoms with Gasteiger partial charge in [0.25, 0.3) is 0 Å². The summed E-state index contributed by atoms with van der Waals surface area (Å²) in [7, 11) is 6.86. The van der Waals surface area contributed by atoms with Crippen LogP contribution in [0.4, 0.5) is 0 Å². The fourth-order valence-corrected chi connectivity index (χ4v) is 1.10. The van der Waals surface area contributed by atoms with Crippen LogP contribution in [-0.2, 0) is 9.53 Å². The van der Waals surface area contributed by atoms with Crippen molar-refractivity contribution >= 4 is 11.9 Å². The van der Waals surface area contributed by atoms with Gasteiger partial charge in [0.15, 0.2) is 5.96 Å². The van der Waals surface area contributed by atoms with Crippen LogP contribution in [0, 0.1) is 0 Å². The fraction of sp³-hybridized carbons (Fsp3) is 0.833. The normalized spacial score (nSPS) is 12.2. The number of methoxy groups -OCH3 is 1. The molecule has 0 aliphatic rings. The van der Waals surface area contributed by atoms with Gasteiger partial charge in [-0.15, -0.1) is 0 Å². The maximum atomic E-state index is 11.4. The minimum absolute atomic E-state index is 0.0928. The van der Waals surface area contributed by atoms with E-state index in [1.165, 1.54) is 0 Å². The molecule has 0 atom stereocenters. The van der Waals surface area contributed by atoms with E-state index in [0.29, 0.717) is 25.5 Å². The first kappa shape index (κ1) is 16.7. The average molecular weight is 258 g/mol. The molecule has 0 spiro atoms. The predicted octanol–water partition coefficient (Wildman–Crippen LogP) is 0.0547. The van der Waals surface area contributed by atoms with Crippen LogP contribution < -0.4 is 10.6 Å². The second-order valence-electron chi connectivity index (χ2n) is 4.85. The van der Waals surface area contributed by atoms with Gasteiger partial charge in [-0.2, -0.15) is 0 Å². The van der Waals surface area contributed by atoms with Crippen LogP contribution in [0.1, 0.15) is 20.3 Å². The zero-order chi connectivity index (χ0) is 14.2. The molecule has 0 heterocycles. The molecule has 0 rings (SSSR count). The molecule has 0 unspecified atom stereocenters. The Balaban J connectivity index is 3.97. The minimum Gasteiger partial charge on any atom is -0.377 e. The second kappa shape index (κ2) is 7.92. The number of hydrogen-bond donors (Lipinski definition) is 2. The first-order valence-corrected chi connectivity index (χ1v) is 6.02. The number of carbonyl (C=O) groups excluding carboxylic acids is 1. The molecule has 0 fully saturated rings. The van der Waals surface area contributed by atoms with Gasteiger partial charge in [-0.05, 0) is 13.8 Å². The largest absolute Gasteiger partial charge is 0.377 e. The zero-order valence-corrected chi connectivity index (χ0v) is 12.3. The van der Waals surface area contributed by atoms with E-state index in [1.807, 2.05) is 13.8 Å². The Labute approximate surface area is 110 Å². The summed E-state index contributed by atoms with van der Waals surface area (Å²) in [4.78, 5) is 17.0. The van der Waals surface area contributed by atoms with Gasteiger partial charge in [-0.3, -0.25) is 9.79 Å². The predicted molar refractivity (Wildman–Crippen MR) is 73.8 cm³/mol. The van der Waals surface area contributed by atoms with Gasteiger partial charge in [0.2, 0.25) is 5.91 Å². The van der Waals surface area contributed by atoms with E-state index in [0.717, 1.165) is 0 Å². The molecule has 6 nitrogen and oxygen atoms in total. The van der Waals surface area contributed by atoms with Crippen molar-refractivity contribution < 1.29 is 9.53 Å². The van der Waals surface area contributed by atoms with E-state index in [9.17, 15) is 4.79 Å². The highest BCUT2D eigenvalue weighted by Gasteiger charge is 2.16. The quantitative estimate of drug-likeness (QED) is 0.522. The number of ether oxygens (including phenoxy) is 1. The molecule has 2 N–H and O–H groups in total. The number of carbonyl (C=O) groups is 1. The molecule has 0 aliphatic carbocycles. The van der Waals surface area contributed by atoms with E-state index in [-0.39, 0.29) is 11.5 Å². The van der Waals surface area contributed by atoms with Gasteiger partial charge in [-0.25, -0.2) is 0 Å². The van der Waals surface area contributed by atoms with Crippen molar-refractivity contribution in [3.63, 3.8) is 0 Å². The van der Waals surface area contributed by atoms with Crippen molar-refractivity contribution in [2.75, 3.05) is 41.3 Å². The van der Waals surface area contributed by atoms with E-state index >= 15 is 0 Å². The molecular formula is C12H26N4O2. The Bertz CT molecular complexity index is 288. The second-order valence-corrected chi connectivity index (χ2v) is 4.85. The van der Waals surface area contributed by atoms with E-state index < -0.39 is 0 Å². The molecule has 0 radical (unpaired) electrons. The lowest BCUT2D eigenvalue weighted by Gasteiger charge is -2.24. The monoisotopic (exact) mass is 258 g/mol. The average Bonchev–Trinajstić information content (AvgIpc) is 2.33. The van der Waals surface area contributed by atoms with Crippen LogP contribution >= 0.6 is 0 Å². The molecule has 0 aromatic rings. The minimum atomic E-state index is -0.253. The molecule has 0 aromatic carbocycles. The maximum Gasteiger partial charge on any atom is 0.223 e. The number of aliphatic imine (C=N–C) groups is 1. The van der Waals surface area contributed by atoms with Crippen LogP contribution in [-0.4, -0.2) is 63.7 Å². The molecular weight excluding hydrogens is 232 g/mol. The van der Waals surface area contributed by atoms with Gasteiger partial charge in [0.1, 0.15) is 0 Å². The Hall–Kier alpha value is -1.30. The van der Waals surface area contributed by atoms with E-state index in [2.05, 4.69) is 15.6 Å². The maximum absolute atomic E-state index is 11.4. The summed E-state index contributed by atoms with van der Waals surface area (Å²) in [6.45, 7) is 5.18. The topological polar surface area (TPSA) is 66.0 Å². The molecule has 18 heavy (non-hydrogen) atoms. The van der Waals surface area contributed by atoms with Crippen LogP contribution in [0.3, 0.4) is 0 Å². The Morgan fingerprint density at radius 3 is 2.39 bits per heavy atom. The van der Waals surface area contributed by atoms with E-state index in [1.54, 1.807) is 33.2 Å². The molecule has 0 aromatic heterocycles. The third-order valence-corrected chi connectivity index (χ3v) is 2.59. The summed E-state index contributed by atoms with van der Waals surface area (Å²) >= 11 is 0. The third kappa shape index (κ3) is 7.11. The van der Waals surface area contributed by atoms with Gasteiger partial charge >= 0.3 is 0 Å². The van der Waals surface area contributed by atoms with Crippen LogP contribution in [0.2, 0.25) is 0 Å². The first-order chi connectivity index (χ1) is 8.32. The number of nitrogens with one attached hydrogen (secondary N) is 2. The summed E-state index contributed by atoms with van der Waals surface area (Å²) in [6, 6.07) is 0. The molecule has 0 bridgehead atoms. The molecule has 6 heteroatoms. The SMILES string of the molecule is CN=C(NCCC(=O)N(C)C)NCC(C)(C)OC. The summed E-state index contributed by atoms with van der Waals surface area (Å²) in [5.74, 6) is 0.766. The number of amides is 1. The van der Waals surface area contributed by atoms with Crippen molar-refractivity contribution in [3.8, 4) is 0 Å². The summed E-state index contributed by atoms with van der Waals surface area (Å²) in [5, 5.41) is 6.24. The third-order valence-electron chi connectivity index (χ3n) is 2.59. The molecule has 1 amide bonds. The fourth-order valence-electron chi connectivity index (χ4n) is 1.10. The lowest BCUT2D eigenvalue weighted by molar-refractivity contribution is -0.128. The molecule has 0 saturated carbocycles. The standard InChI is InChI=1S/C12H26N4O2/c1-12(2,18-6)9-15-11(13-3)14-8-7-10(17)16(4)5/h7-9H2,1-6H3,(H2,13,14,15). The molecule has 0 aliphatic heterocycles. The van der Waals surface area contributed by atoms with Crippen LogP contribution in [0.25, 0.3) is 0 Å². The smallest absolute Gasteiger partial charge is 0.223 e. The summed E-state index contributed by atoms with van der Waals surface area (Å²) in [6.07, 6.45) is 0.446. The van der Waals surface area contributed by atoms with Gasteiger partial charge in [-0.1, -0.05) is 0 Å². The molecule has 0 saturated heterocycles. The van der Waals surface area contributed by atoms with Crippen molar-refractivity contribution in [1.29, 1.82) is 0 Å². The zero-order valence-electron chi connectivity index (χ0n) is 12.3. The highest BCUT2D eigenvalue weighted by molar-refractivity contribution is 5.81. The lowest BCUT2D eigenvalue weighted by Crippen LogP contribution is -2.45. The van der Waals surface area contributed by atoms with Crippen molar-refractivity contribution in [3.05, 3.63) is 0 Å². The number of nitrogens with zero attached hydrogens (tertiary/aromatic N) is 2. The highest BCUT2D eigenvalue weighted by atomic mass is 16.5. The summed E-state index contributed by atoms with van der Waals surface area (Å²) < 4.78 is 5.30. The highest BCUT2D eigenvalue weighted by Crippen LogP contribution is 2.04.